The molecule has 0 spiro atoms. The number of hydrogen-bond acceptors (Lipinski definition) is 8. The number of rotatable bonds is 5. The first kappa shape index (κ1) is 14.9. The van der Waals surface area contributed by atoms with E-state index in [4.69, 9.17) is 15.2 Å². The highest BCUT2D eigenvalue weighted by molar-refractivity contribution is 8.02. The summed E-state index contributed by atoms with van der Waals surface area (Å²) in [5.41, 5.74) is 6.47. The van der Waals surface area contributed by atoms with E-state index in [9.17, 15) is 4.79 Å². The van der Waals surface area contributed by atoms with E-state index in [1.165, 1.54) is 23.1 Å². The fourth-order valence-corrected chi connectivity index (χ4v) is 3.66. The van der Waals surface area contributed by atoms with Gasteiger partial charge in [0, 0.05) is 6.54 Å². The lowest BCUT2D eigenvalue weighted by Crippen LogP contribution is -2.30. The quantitative estimate of drug-likeness (QED) is 0.800. The number of fused-ring (bicyclic) bond motifs is 1. The van der Waals surface area contributed by atoms with Crippen LogP contribution in [0.4, 0.5) is 5.13 Å². The third kappa shape index (κ3) is 3.42. The second-order valence-corrected chi connectivity index (χ2v) is 7.17. The molecule has 0 aliphatic carbocycles. The summed E-state index contributed by atoms with van der Waals surface area (Å²) < 4.78 is 11.2. The van der Waals surface area contributed by atoms with Gasteiger partial charge in [-0.15, -0.1) is 10.2 Å². The molecule has 1 atom stereocenters. The molecule has 7 nitrogen and oxygen atoms in total. The van der Waals surface area contributed by atoms with Crippen LogP contribution >= 0.6 is 23.1 Å². The number of carbonyl (C=O) groups excluding carboxylic acids is 1. The molecule has 0 unspecified atom stereocenters. The van der Waals surface area contributed by atoms with E-state index in [-0.39, 0.29) is 18.0 Å². The minimum Gasteiger partial charge on any atom is -0.454 e. The van der Waals surface area contributed by atoms with Crippen molar-refractivity contribution in [3.63, 3.8) is 0 Å². The number of amides is 1. The topological polar surface area (TPSA) is 99.4 Å². The van der Waals surface area contributed by atoms with Crippen molar-refractivity contribution < 1.29 is 14.3 Å². The summed E-state index contributed by atoms with van der Waals surface area (Å²) in [6.45, 7) is 2.49. The van der Waals surface area contributed by atoms with Crippen LogP contribution in [0.3, 0.4) is 0 Å². The normalized spacial score (nSPS) is 13.9. The summed E-state index contributed by atoms with van der Waals surface area (Å²) >= 11 is 2.61. The van der Waals surface area contributed by atoms with Gasteiger partial charge in [0.15, 0.2) is 15.8 Å². The molecule has 3 N–H and O–H groups in total. The van der Waals surface area contributed by atoms with E-state index in [1.807, 2.05) is 25.1 Å². The predicted octanol–water partition coefficient (Wildman–Crippen LogP) is 1.65. The summed E-state index contributed by atoms with van der Waals surface area (Å²) in [4.78, 5) is 12.1. The Morgan fingerprint density at radius 3 is 3.05 bits per heavy atom. The maximum absolute atomic E-state index is 12.1. The highest BCUT2D eigenvalue weighted by Gasteiger charge is 2.17. The number of carbonyl (C=O) groups is 1. The number of nitrogens with two attached hydrogens (primary N) is 1. The van der Waals surface area contributed by atoms with Crippen LogP contribution in [0.2, 0.25) is 0 Å². The van der Waals surface area contributed by atoms with Gasteiger partial charge in [-0.05, 0) is 24.6 Å². The molecular formula is C13H14N4O3S2. The van der Waals surface area contributed by atoms with Gasteiger partial charge >= 0.3 is 0 Å². The van der Waals surface area contributed by atoms with E-state index in [2.05, 4.69) is 15.5 Å². The molecule has 0 fully saturated rings. The molecule has 0 saturated heterocycles. The van der Waals surface area contributed by atoms with Gasteiger partial charge in [-0.25, -0.2) is 0 Å². The van der Waals surface area contributed by atoms with Gasteiger partial charge < -0.3 is 20.5 Å². The third-order valence-electron chi connectivity index (χ3n) is 2.97. The third-order valence-corrected chi connectivity index (χ3v) is 4.91. The van der Waals surface area contributed by atoms with Gasteiger partial charge in [0.1, 0.15) is 0 Å². The van der Waals surface area contributed by atoms with E-state index in [0.717, 1.165) is 11.3 Å². The minimum absolute atomic E-state index is 0.0727. The molecule has 0 radical (unpaired) electrons. The molecule has 116 valence electrons. The Hall–Kier alpha value is -2.00. The van der Waals surface area contributed by atoms with Crippen LogP contribution in [0.1, 0.15) is 12.5 Å². The van der Waals surface area contributed by atoms with Gasteiger partial charge in [0.2, 0.25) is 17.8 Å². The van der Waals surface area contributed by atoms with Crippen LogP contribution in [-0.2, 0) is 11.3 Å². The Kier molecular flexibility index (Phi) is 4.34. The van der Waals surface area contributed by atoms with Gasteiger partial charge in [0.05, 0.1) is 5.25 Å². The standard InChI is InChI=1S/C13H14N4O3S2/c1-7(21-13-17-16-12(14)22-13)11(18)15-5-8-2-3-9-10(4-8)20-6-19-9/h2-4,7H,5-6H2,1H3,(H2,14,16)(H,15,18)/t7-/m0/s1. The fourth-order valence-electron chi connectivity index (χ4n) is 1.86. The summed E-state index contributed by atoms with van der Waals surface area (Å²) in [5, 5.41) is 10.6. The first-order valence-electron chi connectivity index (χ1n) is 6.53. The molecule has 1 aromatic heterocycles. The number of ether oxygens (including phenoxy) is 2. The molecule has 1 aromatic carbocycles. The lowest BCUT2D eigenvalue weighted by Gasteiger charge is -2.10. The average Bonchev–Trinajstić information content (AvgIpc) is 3.12. The van der Waals surface area contributed by atoms with Crippen LogP contribution in [0.15, 0.2) is 22.5 Å². The fraction of sp³-hybridized carbons (Fsp3) is 0.308. The van der Waals surface area contributed by atoms with Gasteiger partial charge in [-0.1, -0.05) is 29.2 Å². The molecule has 1 amide bonds. The Morgan fingerprint density at radius 1 is 1.45 bits per heavy atom. The van der Waals surface area contributed by atoms with Crippen LogP contribution < -0.4 is 20.5 Å². The number of aromatic nitrogens is 2. The number of thioether (sulfide) groups is 1. The number of nitrogen functional groups attached to an aromatic ring is 1. The van der Waals surface area contributed by atoms with Crippen molar-refractivity contribution in [2.24, 2.45) is 0 Å². The SMILES string of the molecule is C[C@H](Sc1nnc(N)s1)C(=O)NCc1ccc2c(c1)OCO2. The van der Waals surface area contributed by atoms with Crippen molar-refractivity contribution in [2.45, 2.75) is 23.1 Å². The van der Waals surface area contributed by atoms with E-state index >= 15 is 0 Å². The highest BCUT2D eigenvalue weighted by atomic mass is 32.2. The van der Waals surface area contributed by atoms with Gasteiger partial charge in [0.25, 0.3) is 0 Å². The molecule has 22 heavy (non-hydrogen) atoms. The minimum atomic E-state index is -0.277. The Bertz CT molecular complexity index is 692. The first-order chi connectivity index (χ1) is 10.6. The monoisotopic (exact) mass is 338 g/mol. The van der Waals surface area contributed by atoms with Crippen LogP contribution in [0.5, 0.6) is 11.5 Å². The molecule has 9 heteroatoms. The average molecular weight is 338 g/mol. The first-order valence-corrected chi connectivity index (χ1v) is 8.23. The number of nitrogens with zero attached hydrogens (tertiary/aromatic N) is 2. The zero-order chi connectivity index (χ0) is 15.5. The van der Waals surface area contributed by atoms with E-state index < -0.39 is 0 Å². The van der Waals surface area contributed by atoms with Crippen molar-refractivity contribution in [2.75, 3.05) is 12.5 Å². The zero-order valence-corrected chi connectivity index (χ0v) is 13.4. The molecule has 1 aliphatic rings. The van der Waals surface area contributed by atoms with Gasteiger partial charge in [-0.3, -0.25) is 4.79 Å². The lowest BCUT2D eigenvalue weighted by molar-refractivity contribution is -0.120. The molecular weight excluding hydrogens is 324 g/mol. The molecule has 2 heterocycles. The summed E-state index contributed by atoms with van der Waals surface area (Å²) in [6.07, 6.45) is 0. The molecule has 0 bridgehead atoms. The van der Waals surface area contributed by atoms with Crippen molar-refractivity contribution in [3.8, 4) is 11.5 Å². The van der Waals surface area contributed by atoms with Crippen LogP contribution in [-0.4, -0.2) is 28.1 Å². The maximum atomic E-state index is 12.1. The number of benzene rings is 1. The number of hydrogen-bond donors (Lipinski definition) is 2. The number of nitrogens with one attached hydrogen (secondary N) is 1. The zero-order valence-electron chi connectivity index (χ0n) is 11.7. The summed E-state index contributed by atoms with van der Waals surface area (Å²) in [6, 6.07) is 5.61. The summed E-state index contributed by atoms with van der Waals surface area (Å²) in [7, 11) is 0. The smallest absolute Gasteiger partial charge is 0.233 e. The van der Waals surface area contributed by atoms with E-state index in [0.29, 0.717) is 21.8 Å². The lowest BCUT2D eigenvalue weighted by atomic mass is 10.2. The molecule has 1 aliphatic heterocycles. The number of anilines is 1. The Labute approximate surface area is 135 Å². The summed E-state index contributed by atoms with van der Waals surface area (Å²) in [5.74, 6) is 1.36. The van der Waals surface area contributed by atoms with Crippen LogP contribution in [0.25, 0.3) is 0 Å². The van der Waals surface area contributed by atoms with Crippen LogP contribution in [0, 0.1) is 0 Å². The van der Waals surface area contributed by atoms with Crippen molar-refractivity contribution in [1.29, 1.82) is 0 Å². The Balaban J connectivity index is 1.53. The molecule has 3 rings (SSSR count). The second-order valence-electron chi connectivity index (χ2n) is 4.57. The van der Waals surface area contributed by atoms with Gasteiger partial charge in [-0.2, -0.15) is 0 Å². The second kappa shape index (κ2) is 6.41. The predicted molar refractivity (Wildman–Crippen MR) is 84.1 cm³/mol. The Morgan fingerprint density at radius 2 is 2.27 bits per heavy atom. The maximum Gasteiger partial charge on any atom is 0.233 e. The van der Waals surface area contributed by atoms with Crippen molar-refractivity contribution in [1.82, 2.24) is 15.5 Å². The largest absolute Gasteiger partial charge is 0.454 e. The molecule has 2 aromatic rings. The van der Waals surface area contributed by atoms with Crippen molar-refractivity contribution >= 4 is 34.1 Å². The van der Waals surface area contributed by atoms with Crippen molar-refractivity contribution in [3.05, 3.63) is 23.8 Å². The molecule has 0 saturated carbocycles. The highest BCUT2D eigenvalue weighted by Crippen LogP contribution is 2.32. The van der Waals surface area contributed by atoms with E-state index in [1.54, 1.807) is 0 Å².